The quantitative estimate of drug-likeness (QED) is 0.287. The topological polar surface area (TPSA) is 123 Å². The molecule has 1 aliphatic rings. The Kier molecular flexibility index (Phi) is 8.24. The maximum atomic E-state index is 13.1. The van der Waals surface area contributed by atoms with Gasteiger partial charge in [0, 0.05) is 38.7 Å². The van der Waals surface area contributed by atoms with Crippen molar-refractivity contribution >= 4 is 15.8 Å². The van der Waals surface area contributed by atoms with E-state index < -0.39 is 10.0 Å². The van der Waals surface area contributed by atoms with E-state index in [1.54, 1.807) is 30.0 Å². The van der Waals surface area contributed by atoms with Crippen molar-refractivity contribution < 1.29 is 27.4 Å². The number of hydrogen-bond acceptors (Lipinski definition) is 7. The maximum Gasteiger partial charge on any atom is 0.238 e. The first kappa shape index (κ1) is 27.9. The number of hydrogen-bond donors (Lipinski definition) is 1. The predicted molar refractivity (Wildman–Crippen MR) is 150 cm³/mol. The summed E-state index contributed by atoms with van der Waals surface area (Å²) in [4.78, 5) is 13.1. The summed E-state index contributed by atoms with van der Waals surface area (Å²) in [6.07, 6.45) is 1.56. The van der Waals surface area contributed by atoms with Crippen LogP contribution in [0.3, 0.4) is 0 Å². The standard InChI is InChI=1S/C30H31N3O6S/c1-37-30(14-16-38-17-15-30)24-7-5-6-22(18-24)20-39-21-29(34)27-19-28(33(32-27)25-8-3-2-4-9-25)23-10-12-26(13-11-23)40(31,35)36/h2-13,18-19H,14-17,20-21H2,1H3,(H2,31,35,36). The highest BCUT2D eigenvalue weighted by atomic mass is 32.2. The zero-order valence-corrected chi connectivity index (χ0v) is 23.0. The fourth-order valence-corrected chi connectivity index (χ4v) is 5.41. The molecule has 40 heavy (non-hydrogen) atoms. The van der Waals surface area contributed by atoms with E-state index in [9.17, 15) is 13.2 Å². The molecule has 0 radical (unpaired) electrons. The van der Waals surface area contributed by atoms with Crippen LogP contribution in [0.1, 0.15) is 34.5 Å². The average Bonchev–Trinajstić information content (AvgIpc) is 3.44. The molecule has 2 N–H and O–H groups in total. The van der Waals surface area contributed by atoms with Crippen LogP contribution in [0.15, 0.2) is 89.8 Å². The summed E-state index contributed by atoms with van der Waals surface area (Å²) in [6.45, 7) is 1.41. The highest BCUT2D eigenvalue weighted by molar-refractivity contribution is 7.89. The molecule has 208 valence electrons. The van der Waals surface area contributed by atoms with Gasteiger partial charge in [-0.3, -0.25) is 4.79 Å². The van der Waals surface area contributed by atoms with E-state index >= 15 is 0 Å². The minimum Gasteiger partial charge on any atom is -0.381 e. The molecule has 9 nitrogen and oxygen atoms in total. The number of para-hydroxylation sites is 1. The Balaban J connectivity index is 1.33. The van der Waals surface area contributed by atoms with Gasteiger partial charge in [0.25, 0.3) is 0 Å². The molecule has 1 fully saturated rings. The zero-order valence-electron chi connectivity index (χ0n) is 22.2. The average molecular weight is 562 g/mol. The van der Waals surface area contributed by atoms with Crippen molar-refractivity contribution in [3.05, 3.63) is 102 Å². The number of nitrogens with two attached hydrogens (primary N) is 1. The molecule has 0 saturated carbocycles. The van der Waals surface area contributed by atoms with E-state index in [2.05, 4.69) is 17.2 Å². The number of nitrogens with zero attached hydrogens (tertiary/aromatic N) is 2. The van der Waals surface area contributed by atoms with E-state index in [-0.39, 0.29) is 35.2 Å². The SMILES string of the molecule is COC1(c2cccc(COCC(=O)c3cc(-c4ccc(S(N)(=O)=O)cc4)n(-c4ccccc4)n3)c2)CCOCC1. The van der Waals surface area contributed by atoms with Gasteiger partial charge in [0.1, 0.15) is 12.3 Å². The molecule has 0 atom stereocenters. The monoisotopic (exact) mass is 561 g/mol. The smallest absolute Gasteiger partial charge is 0.238 e. The van der Waals surface area contributed by atoms with E-state index in [1.165, 1.54) is 12.1 Å². The van der Waals surface area contributed by atoms with Crippen LogP contribution >= 0.6 is 0 Å². The molecule has 3 aromatic carbocycles. The molecule has 0 aliphatic carbocycles. The molecule has 4 aromatic rings. The van der Waals surface area contributed by atoms with Crippen LogP contribution in [0.5, 0.6) is 0 Å². The lowest BCUT2D eigenvalue weighted by atomic mass is 9.85. The number of methoxy groups -OCH3 is 1. The van der Waals surface area contributed by atoms with Crippen molar-refractivity contribution in [3.8, 4) is 16.9 Å². The normalized spacial score (nSPS) is 15.2. The second-order valence-electron chi connectivity index (χ2n) is 9.66. The van der Waals surface area contributed by atoms with E-state index in [0.29, 0.717) is 24.5 Å². The molecular weight excluding hydrogens is 530 g/mol. The van der Waals surface area contributed by atoms with Crippen LogP contribution in [0.2, 0.25) is 0 Å². The third-order valence-electron chi connectivity index (χ3n) is 7.12. The summed E-state index contributed by atoms with van der Waals surface area (Å²) in [5.74, 6) is -0.272. The summed E-state index contributed by atoms with van der Waals surface area (Å²) in [7, 11) is -2.10. The number of sulfonamides is 1. The van der Waals surface area contributed by atoms with Gasteiger partial charge < -0.3 is 14.2 Å². The molecular formula is C30H31N3O6S. The predicted octanol–water partition coefficient (Wildman–Crippen LogP) is 4.24. The first-order valence-corrected chi connectivity index (χ1v) is 14.5. The highest BCUT2D eigenvalue weighted by Gasteiger charge is 2.34. The number of primary sulfonamides is 1. The third kappa shape index (κ3) is 6.06. The number of benzene rings is 3. The minimum absolute atomic E-state index is 0.00374. The lowest BCUT2D eigenvalue weighted by Crippen LogP contribution is -2.35. The zero-order chi connectivity index (χ0) is 28.2. The van der Waals surface area contributed by atoms with Crippen LogP contribution in [-0.2, 0) is 36.4 Å². The number of rotatable bonds is 10. The van der Waals surface area contributed by atoms with Gasteiger partial charge in [0.05, 0.1) is 28.5 Å². The summed E-state index contributed by atoms with van der Waals surface area (Å²) in [6, 6.07) is 25.2. The Morgan fingerprint density at radius 3 is 2.40 bits per heavy atom. The van der Waals surface area contributed by atoms with Gasteiger partial charge in [0.15, 0.2) is 0 Å². The van der Waals surface area contributed by atoms with Crippen LogP contribution in [0, 0.1) is 0 Å². The molecule has 2 heterocycles. The van der Waals surface area contributed by atoms with Crippen molar-refractivity contribution in [2.24, 2.45) is 5.14 Å². The molecule has 1 aliphatic heterocycles. The van der Waals surface area contributed by atoms with E-state index in [1.807, 2.05) is 42.5 Å². The molecule has 0 amide bonds. The minimum atomic E-state index is -3.83. The number of ketones is 1. The van der Waals surface area contributed by atoms with Gasteiger partial charge in [-0.05, 0) is 41.5 Å². The van der Waals surface area contributed by atoms with Crippen molar-refractivity contribution in [1.29, 1.82) is 0 Å². The Morgan fingerprint density at radius 2 is 1.73 bits per heavy atom. The molecule has 0 bridgehead atoms. The highest BCUT2D eigenvalue weighted by Crippen LogP contribution is 2.36. The maximum absolute atomic E-state index is 13.1. The number of carbonyl (C=O) groups is 1. The Labute approximate surface area is 233 Å². The number of ether oxygens (including phenoxy) is 3. The molecule has 0 spiro atoms. The van der Waals surface area contributed by atoms with Gasteiger partial charge in [-0.1, -0.05) is 54.6 Å². The van der Waals surface area contributed by atoms with Gasteiger partial charge >= 0.3 is 0 Å². The Morgan fingerprint density at radius 1 is 1.00 bits per heavy atom. The molecule has 1 aromatic heterocycles. The van der Waals surface area contributed by atoms with Crippen molar-refractivity contribution in [3.63, 3.8) is 0 Å². The summed E-state index contributed by atoms with van der Waals surface area (Å²) in [5.41, 5.74) is 3.94. The fourth-order valence-electron chi connectivity index (χ4n) is 4.90. The van der Waals surface area contributed by atoms with E-state index in [4.69, 9.17) is 19.3 Å². The second kappa shape index (κ2) is 11.8. The molecule has 5 rings (SSSR count). The second-order valence-corrected chi connectivity index (χ2v) is 11.2. The van der Waals surface area contributed by atoms with Crippen LogP contribution in [0.4, 0.5) is 0 Å². The molecule has 0 unspecified atom stereocenters. The largest absolute Gasteiger partial charge is 0.381 e. The summed E-state index contributed by atoms with van der Waals surface area (Å²) < 4.78 is 42.3. The Bertz CT molecular complexity index is 1580. The van der Waals surface area contributed by atoms with Crippen molar-refractivity contribution in [2.45, 2.75) is 29.9 Å². The van der Waals surface area contributed by atoms with E-state index in [0.717, 1.165) is 29.7 Å². The molecule has 1 saturated heterocycles. The molecule has 10 heteroatoms. The lowest BCUT2D eigenvalue weighted by Gasteiger charge is -2.36. The van der Waals surface area contributed by atoms with Gasteiger partial charge in [-0.15, -0.1) is 0 Å². The van der Waals surface area contributed by atoms with Gasteiger partial charge in [-0.2, -0.15) is 5.10 Å². The fraction of sp³-hybridized carbons (Fsp3) is 0.267. The number of Topliss-reactive ketones (excluding diaryl/α,β-unsaturated/α-hetero) is 1. The van der Waals surface area contributed by atoms with Crippen LogP contribution in [-0.4, -0.2) is 50.9 Å². The first-order valence-electron chi connectivity index (χ1n) is 12.9. The lowest BCUT2D eigenvalue weighted by molar-refractivity contribution is -0.0948. The van der Waals surface area contributed by atoms with Crippen molar-refractivity contribution in [1.82, 2.24) is 9.78 Å². The van der Waals surface area contributed by atoms with Gasteiger partial charge in [0.2, 0.25) is 15.8 Å². The summed E-state index contributed by atoms with van der Waals surface area (Å²) in [5, 5.41) is 9.81. The summed E-state index contributed by atoms with van der Waals surface area (Å²) >= 11 is 0. The number of aromatic nitrogens is 2. The number of carbonyl (C=O) groups excluding carboxylic acids is 1. The Hall–Kier alpha value is -3.67. The first-order chi connectivity index (χ1) is 19.3. The third-order valence-corrected chi connectivity index (χ3v) is 8.05. The van der Waals surface area contributed by atoms with Crippen molar-refractivity contribution in [2.75, 3.05) is 26.9 Å². The van der Waals surface area contributed by atoms with Gasteiger partial charge in [-0.25, -0.2) is 18.2 Å². The van der Waals surface area contributed by atoms with Crippen LogP contribution < -0.4 is 5.14 Å². The van der Waals surface area contributed by atoms with Crippen LogP contribution in [0.25, 0.3) is 16.9 Å².